The maximum atomic E-state index is 14.0. The van der Waals surface area contributed by atoms with E-state index in [1.54, 1.807) is 6.07 Å². The molecule has 0 aliphatic carbocycles. The number of anilines is 1. The summed E-state index contributed by atoms with van der Waals surface area (Å²) in [5.41, 5.74) is 0.642. The predicted molar refractivity (Wildman–Crippen MR) is 120 cm³/mol. The van der Waals surface area contributed by atoms with Gasteiger partial charge in [0.25, 0.3) is 0 Å². The first-order chi connectivity index (χ1) is 15.2. The van der Waals surface area contributed by atoms with Crippen LogP contribution in [0.25, 0.3) is 0 Å². The Kier molecular flexibility index (Phi) is 7.02. The normalized spacial score (nSPS) is 15.5. The predicted octanol–water partition coefficient (Wildman–Crippen LogP) is 4.18. The first kappa shape index (κ1) is 21.2. The van der Waals surface area contributed by atoms with Crippen LogP contribution in [0.3, 0.4) is 0 Å². The van der Waals surface area contributed by atoms with Gasteiger partial charge in [0, 0.05) is 38.8 Å². The Hall–Kier alpha value is -3.09. The number of aliphatic hydroxyl groups excluding tert-OH is 1. The summed E-state index contributed by atoms with van der Waals surface area (Å²) < 4.78 is 25.6. The van der Waals surface area contributed by atoms with Gasteiger partial charge in [-0.15, -0.1) is 0 Å². The lowest BCUT2D eigenvalue weighted by atomic mass is 10.2. The smallest absolute Gasteiger partial charge is 0.146 e. The van der Waals surface area contributed by atoms with Gasteiger partial charge in [-0.3, -0.25) is 4.90 Å². The van der Waals surface area contributed by atoms with Gasteiger partial charge < -0.3 is 19.5 Å². The van der Waals surface area contributed by atoms with Crippen LogP contribution in [0, 0.1) is 5.82 Å². The summed E-state index contributed by atoms with van der Waals surface area (Å²) in [5.74, 6) is 1.90. The molecule has 3 aromatic rings. The summed E-state index contributed by atoms with van der Waals surface area (Å²) in [7, 11) is 0. The number of halogens is 1. The van der Waals surface area contributed by atoms with Crippen molar-refractivity contribution in [1.29, 1.82) is 0 Å². The Morgan fingerprint density at radius 2 is 1.48 bits per heavy atom. The summed E-state index contributed by atoms with van der Waals surface area (Å²) in [6.07, 6.45) is -0.612. The maximum Gasteiger partial charge on any atom is 0.146 e. The van der Waals surface area contributed by atoms with Crippen molar-refractivity contribution in [2.24, 2.45) is 0 Å². The first-order valence-corrected chi connectivity index (χ1v) is 10.5. The second-order valence-corrected chi connectivity index (χ2v) is 7.59. The summed E-state index contributed by atoms with van der Waals surface area (Å²) >= 11 is 0. The van der Waals surface area contributed by atoms with E-state index >= 15 is 0 Å². The minimum absolute atomic E-state index is 0.192. The van der Waals surface area contributed by atoms with Crippen LogP contribution in [0.4, 0.5) is 10.1 Å². The van der Waals surface area contributed by atoms with Crippen molar-refractivity contribution in [3.8, 4) is 17.2 Å². The zero-order valence-corrected chi connectivity index (χ0v) is 17.4. The molecule has 0 unspecified atom stereocenters. The van der Waals surface area contributed by atoms with E-state index in [1.807, 2.05) is 71.6 Å². The molecule has 5 nitrogen and oxygen atoms in total. The topological polar surface area (TPSA) is 45.2 Å². The third-order valence-electron chi connectivity index (χ3n) is 5.26. The lowest BCUT2D eigenvalue weighted by Crippen LogP contribution is -2.49. The molecule has 1 aliphatic heterocycles. The van der Waals surface area contributed by atoms with E-state index in [4.69, 9.17) is 9.47 Å². The molecule has 6 heteroatoms. The highest BCUT2D eigenvalue weighted by molar-refractivity contribution is 5.48. The van der Waals surface area contributed by atoms with Crippen LogP contribution in [0.1, 0.15) is 0 Å². The Morgan fingerprint density at radius 1 is 0.806 bits per heavy atom. The standard InChI is InChI=1S/C25H27FN2O3/c26-24-11-4-5-12-25(24)28-15-13-27(14-16-28)18-20(29)19-30-22-9-6-10-23(17-22)31-21-7-2-1-3-8-21/h1-12,17,20,29H,13-16,18-19H2/t20-/m0/s1. The monoisotopic (exact) mass is 422 g/mol. The summed E-state index contributed by atoms with van der Waals surface area (Å²) in [5, 5.41) is 10.4. The molecule has 1 aliphatic rings. The quantitative estimate of drug-likeness (QED) is 0.590. The summed E-state index contributed by atoms with van der Waals surface area (Å²) in [6, 6.07) is 23.8. The van der Waals surface area contributed by atoms with Gasteiger partial charge in [0.1, 0.15) is 35.8 Å². The number of piperazine rings is 1. The van der Waals surface area contributed by atoms with E-state index in [-0.39, 0.29) is 12.4 Å². The van der Waals surface area contributed by atoms with Crippen LogP contribution in [-0.2, 0) is 0 Å². The molecule has 0 radical (unpaired) electrons. The fourth-order valence-corrected chi connectivity index (χ4v) is 3.67. The largest absolute Gasteiger partial charge is 0.491 e. The zero-order chi connectivity index (χ0) is 21.5. The molecule has 0 bridgehead atoms. The van der Waals surface area contributed by atoms with Gasteiger partial charge in [-0.25, -0.2) is 4.39 Å². The Bertz CT molecular complexity index is 962. The van der Waals surface area contributed by atoms with Gasteiger partial charge in [-0.1, -0.05) is 36.4 Å². The molecule has 0 aromatic heterocycles. The average molecular weight is 423 g/mol. The molecule has 0 spiro atoms. The molecule has 162 valence electrons. The number of β-amino-alcohol motifs (C(OH)–C–C–N with tert-alkyl or cyclic N) is 1. The van der Waals surface area contributed by atoms with Gasteiger partial charge in [-0.2, -0.15) is 0 Å². The molecular formula is C25H27FN2O3. The van der Waals surface area contributed by atoms with E-state index in [2.05, 4.69) is 4.90 Å². The lowest BCUT2D eigenvalue weighted by Gasteiger charge is -2.36. The Labute approximate surface area is 182 Å². The summed E-state index contributed by atoms with van der Waals surface area (Å²) in [6.45, 7) is 3.71. The van der Waals surface area contributed by atoms with Gasteiger partial charge in [0.2, 0.25) is 0 Å². The fraction of sp³-hybridized carbons (Fsp3) is 0.280. The van der Waals surface area contributed by atoms with Gasteiger partial charge in [0.15, 0.2) is 0 Å². The van der Waals surface area contributed by atoms with Crippen molar-refractivity contribution in [3.05, 3.63) is 84.7 Å². The maximum absolute atomic E-state index is 14.0. The first-order valence-electron chi connectivity index (χ1n) is 10.5. The number of nitrogens with zero attached hydrogens (tertiary/aromatic N) is 2. The number of aliphatic hydroxyl groups is 1. The van der Waals surface area contributed by atoms with Gasteiger partial charge in [-0.05, 0) is 36.4 Å². The molecule has 4 rings (SSSR count). The molecule has 0 amide bonds. The van der Waals surface area contributed by atoms with Gasteiger partial charge >= 0.3 is 0 Å². The molecule has 0 saturated carbocycles. The number of hydrogen-bond acceptors (Lipinski definition) is 5. The van der Waals surface area contributed by atoms with E-state index in [0.29, 0.717) is 23.7 Å². The fourth-order valence-electron chi connectivity index (χ4n) is 3.67. The molecule has 1 atom stereocenters. The highest BCUT2D eigenvalue weighted by Crippen LogP contribution is 2.25. The van der Waals surface area contributed by atoms with Crippen molar-refractivity contribution >= 4 is 5.69 Å². The highest BCUT2D eigenvalue weighted by Gasteiger charge is 2.21. The third-order valence-corrected chi connectivity index (χ3v) is 5.26. The second kappa shape index (κ2) is 10.3. The Balaban J connectivity index is 1.22. The molecule has 1 fully saturated rings. The molecule has 1 saturated heterocycles. The molecule has 1 N–H and O–H groups in total. The van der Waals surface area contributed by atoms with Crippen molar-refractivity contribution in [3.63, 3.8) is 0 Å². The van der Waals surface area contributed by atoms with Crippen molar-refractivity contribution < 1.29 is 19.0 Å². The molecular weight excluding hydrogens is 395 g/mol. The van der Waals surface area contributed by atoms with Crippen LogP contribution < -0.4 is 14.4 Å². The molecule has 31 heavy (non-hydrogen) atoms. The van der Waals surface area contributed by atoms with E-state index in [1.165, 1.54) is 6.07 Å². The number of para-hydroxylation sites is 2. The zero-order valence-electron chi connectivity index (χ0n) is 17.4. The minimum atomic E-state index is -0.612. The van der Waals surface area contributed by atoms with Crippen LogP contribution in [-0.4, -0.2) is 55.4 Å². The lowest BCUT2D eigenvalue weighted by molar-refractivity contribution is 0.0662. The van der Waals surface area contributed by atoms with Gasteiger partial charge in [0.05, 0.1) is 5.69 Å². The summed E-state index contributed by atoms with van der Waals surface area (Å²) in [4.78, 5) is 4.23. The van der Waals surface area contributed by atoms with Crippen molar-refractivity contribution in [1.82, 2.24) is 4.90 Å². The van der Waals surface area contributed by atoms with Crippen molar-refractivity contribution in [2.75, 3.05) is 44.2 Å². The van der Waals surface area contributed by atoms with Crippen LogP contribution in [0.15, 0.2) is 78.9 Å². The number of benzene rings is 3. The number of rotatable bonds is 8. The number of ether oxygens (including phenoxy) is 2. The van der Waals surface area contributed by atoms with Crippen LogP contribution >= 0.6 is 0 Å². The average Bonchev–Trinajstić information content (AvgIpc) is 2.80. The van der Waals surface area contributed by atoms with E-state index < -0.39 is 6.10 Å². The molecule has 1 heterocycles. The number of hydrogen-bond donors (Lipinski definition) is 1. The molecule has 3 aromatic carbocycles. The third kappa shape index (κ3) is 5.96. The Morgan fingerprint density at radius 3 is 2.26 bits per heavy atom. The van der Waals surface area contributed by atoms with Crippen LogP contribution in [0.5, 0.6) is 17.2 Å². The van der Waals surface area contributed by atoms with Crippen LogP contribution in [0.2, 0.25) is 0 Å². The highest BCUT2D eigenvalue weighted by atomic mass is 19.1. The second-order valence-electron chi connectivity index (χ2n) is 7.59. The van der Waals surface area contributed by atoms with E-state index in [0.717, 1.165) is 31.9 Å². The van der Waals surface area contributed by atoms with Crippen molar-refractivity contribution in [2.45, 2.75) is 6.10 Å². The SMILES string of the molecule is O[C@H](COc1cccc(Oc2ccccc2)c1)CN1CCN(c2ccccc2F)CC1. The minimum Gasteiger partial charge on any atom is -0.491 e. The van der Waals surface area contributed by atoms with E-state index in [9.17, 15) is 9.50 Å².